The Labute approximate surface area is 274 Å². The molecule has 3 aromatic rings. The minimum absolute atomic E-state index is 0.0171. The zero-order chi connectivity index (χ0) is 33.2. The maximum Gasteiger partial charge on any atom is 0.410 e. The Bertz CT molecular complexity index is 1630. The molecule has 0 radical (unpaired) electrons. The summed E-state index contributed by atoms with van der Waals surface area (Å²) in [5, 5.41) is 0. The number of amides is 1. The summed E-state index contributed by atoms with van der Waals surface area (Å²) in [4.78, 5) is 23.7. The number of fused-ring (bicyclic) bond motifs is 4. The van der Waals surface area contributed by atoms with Crippen molar-refractivity contribution in [3.63, 3.8) is 0 Å². The quantitative estimate of drug-likeness (QED) is 0.291. The van der Waals surface area contributed by atoms with Crippen LogP contribution in [0.1, 0.15) is 82.4 Å². The summed E-state index contributed by atoms with van der Waals surface area (Å²) in [7, 11) is -2.16. The minimum atomic E-state index is -3.99. The van der Waals surface area contributed by atoms with Crippen molar-refractivity contribution in [2.24, 2.45) is 17.8 Å². The van der Waals surface area contributed by atoms with E-state index in [-0.39, 0.29) is 46.8 Å². The van der Waals surface area contributed by atoms with Gasteiger partial charge in [-0.1, -0.05) is 44.2 Å². The van der Waals surface area contributed by atoms with Gasteiger partial charge in [-0.3, -0.25) is 0 Å². The molecule has 5 rings (SSSR count). The van der Waals surface area contributed by atoms with Crippen molar-refractivity contribution in [1.29, 1.82) is 0 Å². The third kappa shape index (κ3) is 7.65. The van der Waals surface area contributed by atoms with Crippen LogP contribution in [0, 0.1) is 31.6 Å². The van der Waals surface area contributed by atoms with Gasteiger partial charge >= 0.3 is 6.09 Å². The van der Waals surface area contributed by atoms with Gasteiger partial charge in [-0.25, -0.2) is 22.9 Å². The van der Waals surface area contributed by atoms with E-state index in [9.17, 15) is 13.2 Å². The number of sulfonamides is 1. The number of hydrogen-bond acceptors (Lipinski definition) is 7. The van der Waals surface area contributed by atoms with Crippen molar-refractivity contribution in [2.75, 3.05) is 18.4 Å². The Morgan fingerprint density at radius 1 is 1.00 bits per heavy atom. The summed E-state index contributed by atoms with van der Waals surface area (Å²) in [6.45, 7) is 12.6. The summed E-state index contributed by atoms with van der Waals surface area (Å²) in [5.41, 5.74) is 4.60. The Balaban J connectivity index is 1.53. The molecule has 1 fully saturated rings. The fourth-order valence-corrected chi connectivity index (χ4v) is 8.29. The molecule has 46 heavy (non-hydrogen) atoms. The molecule has 9 nitrogen and oxygen atoms in total. The number of carbonyl (C=O) groups is 1. The van der Waals surface area contributed by atoms with Crippen LogP contribution in [0.4, 0.5) is 10.7 Å². The average molecular weight is 649 g/mol. The Morgan fingerprint density at radius 3 is 2.33 bits per heavy atom. The molecule has 0 spiro atoms. The highest BCUT2D eigenvalue weighted by molar-refractivity contribution is 7.92. The van der Waals surface area contributed by atoms with Crippen LogP contribution in [0.5, 0.6) is 5.88 Å². The maximum absolute atomic E-state index is 13.8. The molecular formula is C36H48N4O5S. The molecule has 0 saturated heterocycles. The topological polar surface area (TPSA) is 111 Å². The van der Waals surface area contributed by atoms with Crippen molar-refractivity contribution < 1.29 is 22.7 Å². The third-order valence-electron chi connectivity index (χ3n) is 9.37. The standard InChI is InChI=1S/C36H48N4O5S/c1-22(2)18-28-21-44-32-20-31(33-24(5)10-8-11-25(33)6)37-35(38-32)39-46(42,43)30-13-9-12-27(19-30)34(28)26-14-16-29(17-15-26)40(7)36(41)45-23(3)4/h8-13,19-20,22-23,26,28-29,34H,14-18,21H2,1-7H3,(H,37,38,39)/t26-,28-,29-,34?/m1/s1. The van der Waals surface area contributed by atoms with E-state index < -0.39 is 10.0 Å². The molecular weight excluding hydrogens is 600 g/mol. The molecule has 1 aromatic heterocycles. The van der Waals surface area contributed by atoms with Gasteiger partial charge in [-0.05, 0) is 106 Å². The Hall–Kier alpha value is -3.66. The SMILES string of the molecule is Cc1cccc(C)c1-c1cc2nc(n1)NS(=O)(=O)c1cccc(c1)C([C@H]1CC[C@H](N(C)C(=O)OC(C)C)CC1)[C@H](CC(C)C)CO2. The van der Waals surface area contributed by atoms with E-state index in [0.717, 1.165) is 54.4 Å². The number of anilines is 1. The second-order valence-electron chi connectivity index (χ2n) is 13.7. The van der Waals surface area contributed by atoms with Crippen molar-refractivity contribution in [3.05, 3.63) is 65.2 Å². The first-order valence-corrected chi connectivity index (χ1v) is 18.0. The van der Waals surface area contributed by atoms with Crippen LogP contribution in [0.2, 0.25) is 0 Å². The lowest BCUT2D eigenvalue weighted by Gasteiger charge is -2.41. The molecule has 2 atom stereocenters. The molecule has 1 amide bonds. The number of aromatic nitrogens is 2. The number of benzene rings is 2. The molecule has 2 aromatic carbocycles. The number of nitrogens with zero attached hydrogens (tertiary/aromatic N) is 3. The lowest BCUT2D eigenvalue weighted by atomic mass is 9.68. The molecule has 2 heterocycles. The molecule has 10 heteroatoms. The van der Waals surface area contributed by atoms with E-state index in [1.165, 1.54) is 0 Å². The molecule has 1 saturated carbocycles. The Kier molecular flexibility index (Phi) is 10.2. The van der Waals surface area contributed by atoms with E-state index in [1.54, 1.807) is 11.0 Å². The fraction of sp³-hybridized carbons (Fsp3) is 0.528. The van der Waals surface area contributed by atoms with Crippen molar-refractivity contribution >= 4 is 22.1 Å². The van der Waals surface area contributed by atoms with Crippen LogP contribution >= 0.6 is 0 Å². The summed E-state index contributed by atoms with van der Waals surface area (Å²) in [5.74, 6) is 1.19. The van der Waals surface area contributed by atoms with Crippen LogP contribution in [-0.4, -0.2) is 55.2 Å². The highest BCUT2D eigenvalue weighted by Crippen LogP contribution is 2.44. The van der Waals surface area contributed by atoms with Crippen molar-refractivity contribution in [2.45, 2.75) is 96.6 Å². The van der Waals surface area contributed by atoms with Crippen LogP contribution in [-0.2, 0) is 14.8 Å². The first kappa shape index (κ1) is 33.7. The van der Waals surface area contributed by atoms with Crippen LogP contribution in [0.15, 0.2) is 53.4 Å². The zero-order valence-electron chi connectivity index (χ0n) is 28.1. The van der Waals surface area contributed by atoms with Crippen LogP contribution in [0.3, 0.4) is 0 Å². The lowest BCUT2D eigenvalue weighted by molar-refractivity contribution is 0.0586. The second kappa shape index (κ2) is 14.0. The number of hydrogen-bond donors (Lipinski definition) is 1. The van der Waals surface area contributed by atoms with Gasteiger partial charge in [0.05, 0.1) is 23.3 Å². The number of aryl methyl sites for hydroxylation is 2. The van der Waals surface area contributed by atoms with Crippen molar-refractivity contribution in [1.82, 2.24) is 14.9 Å². The average Bonchev–Trinajstić information content (AvgIpc) is 2.99. The van der Waals surface area contributed by atoms with Gasteiger partial charge in [0, 0.05) is 30.6 Å². The van der Waals surface area contributed by atoms with Gasteiger partial charge in [-0.15, -0.1) is 0 Å². The highest BCUT2D eigenvalue weighted by Gasteiger charge is 2.37. The van der Waals surface area contributed by atoms with Gasteiger partial charge in [0.25, 0.3) is 10.0 Å². The smallest absolute Gasteiger partial charge is 0.410 e. The van der Waals surface area contributed by atoms with Crippen LogP contribution < -0.4 is 9.46 Å². The molecule has 1 N–H and O–H groups in total. The third-order valence-corrected chi connectivity index (χ3v) is 10.7. The van der Waals surface area contributed by atoms with E-state index in [0.29, 0.717) is 24.1 Å². The molecule has 248 valence electrons. The first-order chi connectivity index (χ1) is 21.8. The van der Waals surface area contributed by atoms with E-state index >= 15 is 0 Å². The largest absolute Gasteiger partial charge is 0.477 e. The summed E-state index contributed by atoms with van der Waals surface area (Å²) < 4.78 is 42.2. The molecule has 4 bridgehead atoms. The van der Waals surface area contributed by atoms with E-state index in [4.69, 9.17) is 9.47 Å². The summed E-state index contributed by atoms with van der Waals surface area (Å²) >= 11 is 0. The van der Waals surface area contributed by atoms with Gasteiger partial charge in [-0.2, -0.15) is 4.98 Å². The van der Waals surface area contributed by atoms with Crippen LogP contribution in [0.25, 0.3) is 11.3 Å². The van der Waals surface area contributed by atoms with Gasteiger partial charge in [0.1, 0.15) is 0 Å². The minimum Gasteiger partial charge on any atom is -0.477 e. The first-order valence-electron chi connectivity index (χ1n) is 16.5. The summed E-state index contributed by atoms with van der Waals surface area (Å²) in [6.07, 6.45) is 3.98. The number of rotatable bonds is 6. The van der Waals surface area contributed by atoms with E-state index in [2.05, 4.69) is 34.6 Å². The monoisotopic (exact) mass is 648 g/mol. The van der Waals surface area contributed by atoms with Gasteiger partial charge < -0.3 is 14.4 Å². The summed E-state index contributed by atoms with van der Waals surface area (Å²) in [6, 6.07) is 15.3. The van der Waals surface area contributed by atoms with E-state index in [1.807, 2.05) is 71.1 Å². The molecule has 1 aliphatic carbocycles. The fourth-order valence-electron chi connectivity index (χ4n) is 7.29. The highest BCUT2D eigenvalue weighted by atomic mass is 32.2. The molecule has 2 aliphatic rings. The molecule has 1 aliphatic heterocycles. The van der Waals surface area contributed by atoms with Gasteiger partial charge in [0.2, 0.25) is 11.8 Å². The Morgan fingerprint density at radius 2 is 1.67 bits per heavy atom. The molecule has 1 unspecified atom stereocenters. The normalized spacial score (nSPS) is 22.6. The second-order valence-corrected chi connectivity index (χ2v) is 15.4. The number of carbonyl (C=O) groups excluding carboxylic acids is 1. The van der Waals surface area contributed by atoms with Gasteiger partial charge in [0.15, 0.2) is 0 Å². The number of ether oxygens (including phenoxy) is 2. The maximum atomic E-state index is 13.8. The predicted molar refractivity (Wildman–Crippen MR) is 180 cm³/mol. The van der Waals surface area contributed by atoms with Crippen molar-refractivity contribution in [3.8, 4) is 17.1 Å². The number of nitrogens with one attached hydrogen (secondary N) is 1. The predicted octanol–water partition coefficient (Wildman–Crippen LogP) is 7.74. The lowest BCUT2D eigenvalue weighted by Crippen LogP contribution is -2.42. The zero-order valence-corrected chi connectivity index (χ0v) is 28.9.